The number of hydrogen-bond acceptors (Lipinski definition) is 2. The number of thiocarbonyl (C=S) groups is 1. The molecular formula is C15H23ClN3OS+. The average Bonchev–Trinajstić information content (AvgIpc) is 2.50. The third kappa shape index (κ3) is 5.43. The number of hydrogen-bond donors (Lipinski definition) is 2. The van der Waals surface area contributed by atoms with Gasteiger partial charge in [0.1, 0.15) is 13.1 Å². The number of nitrogens with zero attached hydrogens (tertiary/aromatic N) is 1. The predicted molar refractivity (Wildman–Crippen MR) is 89.9 cm³/mol. The minimum atomic E-state index is 0.718. The lowest BCUT2D eigenvalue weighted by Crippen LogP contribution is -3.14. The molecule has 0 bridgehead atoms. The van der Waals surface area contributed by atoms with Crippen molar-refractivity contribution < 1.29 is 9.64 Å². The Labute approximate surface area is 137 Å². The van der Waals surface area contributed by atoms with Crippen LogP contribution in [0.25, 0.3) is 0 Å². The minimum Gasteiger partial charge on any atom is -0.370 e. The molecule has 0 spiro atoms. The van der Waals surface area contributed by atoms with Gasteiger partial charge in [0.25, 0.3) is 0 Å². The fraction of sp³-hybridized carbons (Fsp3) is 0.533. The Balaban J connectivity index is 1.71. The molecule has 6 heteroatoms. The molecular weight excluding hydrogens is 306 g/mol. The van der Waals surface area contributed by atoms with Crippen LogP contribution < -0.4 is 10.2 Å². The summed E-state index contributed by atoms with van der Waals surface area (Å²) < 4.78 is 5.36. The summed E-state index contributed by atoms with van der Waals surface area (Å²) >= 11 is 11.6. The van der Waals surface area contributed by atoms with Gasteiger partial charge in [-0.05, 0) is 23.8 Å². The summed E-state index contributed by atoms with van der Waals surface area (Å²) in [6, 6.07) is 7.86. The maximum atomic E-state index is 6.17. The van der Waals surface area contributed by atoms with Gasteiger partial charge in [0.15, 0.2) is 5.11 Å². The number of benzene rings is 1. The zero-order chi connectivity index (χ0) is 15.1. The number of morpholine rings is 1. The van der Waals surface area contributed by atoms with Gasteiger partial charge in [-0.15, -0.1) is 0 Å². The number of quaternary nitrogens is 1. The summed E-state index contributed by atoms with van der Waals surface area (Å²) in [7, 11) is 1.99. The van der Waals surface area contributed by atoms with Gasteiger partial charge in [0.05, 0.1) is 26.3 Å². The maximum absolute atomic E-state index is 6.17. The van der Waals surface area contributed by atoms with Crippen molar-refractivity contribution in [3.05, 3.63) is 34.9 Å². The normalized spacial score (nSPS) is 15.7. The zero-order valence-electron chi connectivity index (χ0n) is 12.4. The van der Waals surface area contributed by atoms with Gasteiger partial charge in [-0.25, -0.2) is 0 Å². The Bertz CT molecular complexity index is 466. The van der Waals surface area contributed by atoms with Crippen LogP contribution in [0.4, 0.5) is 0 Å². The summed E-state index contributed by atoms with van der Waals surface area (Å²) in [5, 5.41) is 4.87. The lowest BCUT2D eigenvalue weighted by atomic mass is 10.2. The third-order valence-corrected chi connectivity index (χ3v) is 4.49. The van der Waals surface area contributed by atoms with Crippen LogP contribution in [-0.2, 0) is 11.3 Å². The second-order valence-corrected chi connectivity index (χ2v) is 6.09. The van der Waals surface area contributed by atoms with Gasteiger partial charge in [0, 0.05) is 18.6 Å². The molecule has 1 heterocycles. The molecule has 0 radical (unpaired) electrons. The van der Waals surface area contributed by atoms with Crippen molar-refractivity contribution >= 4 is 28.9 Å². The molecule has 116 valence electrons. The van der Waals surface area contributed by atoms with E-state index in [0.29, 0.717) is 0 Å². The quantitative estimate of drug-likeness (QED) is 0.773. The molecule has 0 aliphatic carbocycles. The van der Waals surface area contributed by atoms with E-state index in [1.54, 1.807) is 4.90 Å². The lowest BCUT2D eigenvalue weighted by molar-refractivity contribution is -0.906. The smallest absolute Gasteiger partial charge is 0.169 e. The van der Waals surface area contributed by atoms with Crippen LogP contribution >= 0.6 is 23.8 Å². The Hall–Kier alpha value is -0.880. The van der Waals surface area contributed by atoms with E-state index in [9.17, 15) is 0 Å². The largest absolute Gasteiger partial charge is 0.370 e. The van der Waals surface area contributed by atoms with Crippen molar-refractivity contribution in [1.82, 2.24) is 10.2 Å². The van der Waals surface area contributed by atoms with Crippen LogP contribution in [0.3, 0.4) is 0 Å². The molecule has 1 saturated heterocycles. The number of nitrogens with one attached hydrogen (secondary N) is 2. The zero-order valence-corrected chi connectivity index (χ0v) is 14.0. The monoisotopic (exact) mass is 328 g/mol. The van der Waals surface area contributed by atoms with Gasteiger partial charge in [-0.2, -0.15) is 0 Å². The van der Waals surface area contributed by atoms with E-state index >= 15 is 0 Å². The Morgan fingerprint density at radius 2 is 2.10 bits per heavy atom. The van der Waals surface area contributed by atoms with Crippen molar-refractivity contribution in [2.75, 3.05) is 46.4 Å². The molecule has 1 aliphatic rings. The van der Waals surface area contributed by atoms with Crippen molar-refractivity contribution in [3.63, 3.8) is 0 Å². The van der Waals surface area contributed by atoms with E-state index < -0.39 is 0 Å². The molecule has 21 heavy (non-hydrogen) atoms. The molecule has 0 unspecified atom stereocenters. The summed E-state index contributed by atoms with van der Waals surface area (Å²) in [4.78, 5) is 3.59. The van der Waals surface area contributed by atoms with E-state index in [1.807, 2.05) is 36.2 Å². The molecule has 0 amide bonds. The van der Waals surface area contributed by atoms with Crippen molar-refractivity contribution in [3.8, 4) is 0 Å². The van der Waals surface area contributed by atoms with Crippen LogP contribution in [0.2, 0.25) is 5.02 Å². The highest BCUT2D eigenvalue weighted by Crippen LogP contribution is 2.16. The highest BCUT2D eigenvalue weighted by atomic mass is 35.5. The Morgan fingerprint density at radius 3 is 2.81 bits per heavy atom. The molecule has 0 aromatic heterocycles. The van der Waals surface area contributed by atoms with Crippen molar-refractivity contribution in [2.24, 2.45) is 0 Å². The van der Waals surface area contributed by atoms with Gasteiger partial charge < -0.3 is 19.9 Å². The topological polar surface area (TPSA) is 28.9 Å². The first kappa shape index (κ1) is 16.5. The van der Waals surface area contributed by atoms with Crippen LogP contribution in [0, 0.1) is 0 Å². The van der Waals surface area contributed by atoms with E-state index in [1.165, 1.54) is 0 Å². The summed E-state index contributed by atoms with van der Waals surface area (Å²) in [6.07, 6.45) is 0. The van der Waals surface area contributed by atoms with Crippen LogP contribution in [0.5, 0.6) is 0 Å². The molecule has 4 nitrogen and oxygen atoms in total. The van der Waals surface area contributed by atoms with Crippen molar-refractivity contribution in [1.29, 1.82) is 0 Å². The molecule has 2 N–H and O–H groups in total. The summed E-state index contributed by atoms with van der Waals surface area (Å²) in [5.41, 5.74) is 1.09. The van der Waals surface area contributed by atoms with Crippen LogP contribution in [-0.4, -0.2) is 56.5 Å². The van der Waals surface area contributed by atoms with Crippen LogP contribution in [0.15, 0.2) is 24.3 Å². The second kappa shape index (κ2) is 8.54. The SMILES string of the molecule is CN(Cc1ccccc1Cl)C(=S)NCC[NH+]1CCOCC1. The van der Waals surface area contributed by atoms with E-state index in [-0.39, 0.29) is 0 Å². The Morgan fingerprint density at radius 1 is 1.38 bits per heavy atom. The van der Waals surface area contributed by atoms with Crippen LogP contribution in [0.1, 0.15) is 5.56 Å². The number of rotatable bonds is 5. The molecule has 1 aliphatic heterocycles. The van der Waals surface area contributed by atoms with Gasteiger partial charge in [0.2, 0.25) is 0 Å². The second-order valence-electron chi connectivity index (χ2n) is 5.29. The fourth-order valence-corrected chi connectivity index (χ4v) is 2.71. The molecule has 2 rings (SSSR count). The highest BCUT2D eigenvalue weighted by Gasteiger charge is 2.13. The first-order chi connectivity index (χ1) is 10.2. The summed E-state index contributed by atoms with van der Waals surface area (Å²) in [6.45, 7) is 6.59. The molecule has 0 saturated carbocycles. The molecule has 1 aromatic rings. The van der Waals surface area contributed by atoms with E-state index in [2.05, 4.69) is 5.32 Å². The maximum Gasteiger partial charge on any atom is 0.169 e. The first-order valence-electron chi connectivity index (χ1n) is 7.30. The standard InChI is InChI=1S/C15H22ClN3OS/c1-18(12-13-4-2-3-5-14(13)16)15(21)17-6-7-19-8-10-20-11-9-19/h2-5H,6-12H2,1H3,(H,17,21)/p+1. The minimum absolute atomic E-state index is 0.718. The predicted octanol–water partition coefficient (Wildman–Crippen LogP) is 0.561. The fourth-order valence-electron chi connectivity index (χ4n) is 2.35. The van der Waals surface area contributed by atoms with E-state index in [4.69, 9.17) is 28.6 Å². The van der Waals surface area contributed by atoms with Gasteiger partial charge in [-0.3, -0.25) is 0 Å². The number of ether oxygens (including phenoxy) is 1. The summed E-state index contributed by atoms with van der Waals surface area (Å²) in [5.74, 6) is 0. The van der Waals surface area contributed by atoms with Gasteiger partial charge in [-0.1, -0.05) is 29.8 Å². The Kier molecular flexibility index (Phi) is 6.70. The molecule has 1 fully saturated rings. The third-order valence-electron chi connectivity index (χ3n) is 3.67. The van der Waals surface area contributed by atoms with Gasteiger partial charge >= 0.3 is 0 Å². The molecule has 0 atom stereocenters. The molecule has 1 aromatic carbocycles. The number of halogens is 1. The van der Waals surface area contributed by atoms with Crippen molar-refractivity contribution in [2.45, 2.75) is 6.54 Å². The highest BCUT2D eigenvalue weighted by molar-refractivity contribution is 7.80. The lowest BCUT2D eigenvalue weighted by Gasteiger charge is -2.25. The average molecular weight is 329 g/mol. The first-order valence-corrected chi connectivity index (χ1v) is 8.09. The van der Waals surface area contributed by atoms with E-state index in [0.717, 1.165) is 61.6 Å².